The zero-order valence-corrected chi connectivity index (χ0v) is 14.7. The van der Waals surface area contributed by atoms with Crippen LogP contribution in [0.2, 0.25) is 0 Å². The van der Waals surface area contributed by atoms with E-state index in [4.69, 9.17) is 4.74 Å². The quantitative estimate of drug-likeness (QED) is 0.409. The molecular formula is C19H39NO. The number of nitrogens with one attached hydrogen (secondary N) is 1. The maximum atomic E-state index is 5.87. The van der Waals surface area contributed by atoms with Crippen LogP contribution in [0, 0.1) is 0 Å². The molecule has 0 aromatic rings. The standard InChI is InChI=1S/C19H39NO/c1-3-5-7-9-10-12-13-15-18-17-21-19(20-18)16-14-11-8-6-4-2/h18-20H,3-17H2,1-2H3. The second kappa shape index (κ2) is 13.6. The minimum absolute atomic E-state index is 0.348. The Balaban J connectivity index is 1.87. The zero-order valence-electron chi connectivity index (χ0n) is 14.7. The van der Waals surface area contributed by atoms with Gasteiger partial charge in [0.15, 0.2) is 0 Å². The van der Waals surface area contributed by atoms with Crippen LogP contribution < -0.4 is 5.32 Å². The van der Waals surface area contributed by atoms with Gasteiger partial charge < -0.3 is 4.74 Å². The normalized spacial score (nSPS) is 22.0. The van der Waals surface area contributed by atoms with Crippen LogP contribution in [-0.2, 0) is 4.74 Å². The molecule has 2 nitrogen and oxygen atoms in total. The average Bonchev–Trinajstić information content (AvgIpc) is 2.94. The molecule has 0 amide bonds. The molecule has 2 atom stereocenters. The molecule has 0 aromatic carbocycles. The van der Waals surface area contributed by atoms with Crippen molar-refractivity contribution < 1.29 is 4.74 Å². The van der Waals surface area contributed by atoms with Crippen molar-refractivity contribution in [3.05, 3.63) is 0 Å². The fourth-order valence-electron chi connectivity index (χ4n) is 3.21. The van der Waals surface area contributed by atoms with E-state index in [1.165, 1.54) is 89.9 Å². The highest BCUT2D eigenvalue weighted by Crippen LogP contribution is 2.16. The van der Waals surface area contributed by atoms with Crippen LogP contribution in [0.4, 0.5) is 0 Å². The van der Waals surface area contributed by atoms with Crippen LogP contribution in [-0.4, -0.2) is 18.9 Å². The van der Waals surface area contributed by atoms with Crippen LogP contribution >= 0.6 is 0 Å². The molecule has 0 radical (unpaired) electrons. The Labute approximate surface area is 133 Å². The van der Waals surface area contributed by atoms with Gasteiger partial charge in [0, 0.05) is 6.04 Å². The molecule has 0 aromatic heterocycles. The maximum Gasteiger partial charge on any atom is 0.108 e. The minimum atomic E-state index is 0.348. The average molecular weight is 298 g/mol. The molecule has 0 spiro atoms. The molecule has 1 heterocycles. The highest BCUT2D eigenvalue weighted by molar-refractivity contribution is 4.75. The topological polar surface area (TPSA) is 21.3 Å². The number of hydrogen-bond acceptors (Lipinski definition) is 2. The van der Waals surface area contributed by atoms with Crippen molar-refractivity contribution >= 4 is 0 Å². The number of rotatable bonds is 14. The summed E-state index contributed by atoms with van der Waals surface area (Å²) >= 11 is 0. The Morgan fingerprint density at radius 3 is 1.86 bits per heavy atom. The first kappa shape index (κ1) is 19.0. The first-order chi connectivity index (χ1) is 10.4. The molecule has 1 N–H and O–H groups in total. The van der Waals surface area contributed by atoms with Crippen LogP contribution in [0.3, 0.4) is 0 Å². The number of unbranched alkanes of at least 4 members (excludes halogenated alkanes) is 10. The lowest BCUT2D eigenvalue weighted by atomic mass is 10.1. The van der Waals surface area contributed by atoms with E-state index in [1.54, 1.807) is 0 Å². The molecule has 2 unspecified atom stereocenters. The van der Waals surface area contributed by atoms with Gasteiger partial charge in [-0.3, -0.25) is 5.32 Å². The molecule has 1 saturated heterocycles. The molecule has 1 aliphatic heterocycles. The molecule has 1 rings (SSSR count). The third-order valence-electron chi connectivity index (χ3n) is 4.65. The maximum absolute atomic E-state index is 5.87. The highest BCUT2D eigenvalue weighted by atomic mass is 16.5. The summed E-state index contributed by atoms with van der Waals surface area (Å²) in [5.41, 5.74) is 0. The number of ether oxygens (including phenoxy) is 1. The third-order valence-corrected chi connectivity index (χ3v) is 4.65. The first-order valence-corrected chi connectivity index (χ1v) is 9.74. The predicted octanol–water partition coefficient (Wildman–Crippen LogP) is 5.80. The van der Waals surface area contributed by atoms with Gasteiger partial charge >= 0.3 is 0 Å². The van der Waals surface area contributed by atoms with Gasteiger partial charge in [-0.15, -0.1) is 0 Å². The number of hydrogen-bond donors (Lipinski definition) is 1. The summed E-state index contributed by atoms with van der Waals surface area (Å²) in [5, 5.41) is 3.67. The molecule has 0 bridgehead atoms. The zero-order chi connectivity index (χ0) is 15.2. The van der Waals surface area contributed by atoms with Crippen molar-refractivity contribution in [3.8, 4) is 0 Å². The van der Waals surface area contributed by atoms with E-state index in [0.717, 1.165) is 6.61 Å². The van der Waals surface area contributed by atoms with Crippen molar-refractivity contribution in [3.63, 3.8) is 0 Å². The Hall–Kier alpha value is -0.0800. The molecule has 0 saturated carbocycles. The van der Waals surface area contributed by atoms with Crippen LogP contribution in [0.5, 0.6) is 0 Å². The Morgan fingerprint density at radius 1 is 0.714 bits per heavy atom. The summed E-state index contributed by atoms with van der Waals surface area (Å²) in [6.07, 6.45) is 19.5. The van der Waals surface area contributed by atoms with Gasteiger partial charge in [-0.05, 0) is 19.3 Å². The fraction of sp³-hybridized carbons (Fsp3) is 1.00. The molecule has 1 fully saturated rings. The van der Waals surface area contributed by atoms with Gasteiger partial charge in [-0.1, -0.05) is 84.5 Å². The molecule has 126 valence electrons. The summed E-state index contributed by atoms with van der Waals surface area (Å²) in [6, 6.07) is 0.626. The Kier molecular flexibility index (Phi) is 12.3. The molecular weight excluding hydrogens is 258 g/mol. The lowest BCUT2D eigenvalue weighted by molar-refractivity contribution is 0.0907. The molecule has 21 heavy (non-hydrogen) atoms. The van der Waals surface area contributed by atoms with E-state index in [0.29, 0.717) is 12.3 Å². The molecule has 2 heteroatoms. The van der Waals surface area contributed by atoms with Crippen LogP contribution in [0.1, 0.15) is 104 Å². The predicted molar refractivity (Wildman–Crippen MR) is 92.6 cm³/mol. The summed E-state index contributed by atoms with van der Waals surface area (Å²) in [4.78, 5) is 0. The largest absolute Gasteiger partial charge is 0.362 e. The van der Waals surface area contributed by atoms with Gasteiger partial charge in [0.1, 0.15) is 6.23 Å². The van der Waals surface area contributed by atoms with Crippen molar-refractivity contribution in [2.45, 2.75) is 116 Å². The van der Waals surface area contributed by atoms with Crippen LogP contribution in [0.25, 0.3) is 0 Å². The van der Waals surface area contributed by atoms with Crippen molar-refractivity contribution in [2.75, 3.05) is 6.61 Å². The Bertz CT molecular complexity index is 220. The van der Waals surface area contributed by atoms with E-state index in [9.17, 15) is 0 Å². The van der Waals surface area contributed by atoms with E-state index >= 15 is 0 Å². The second-order valence-electron chi connectivity index (χ2n) is 6.80. The monoisotopic (exact) mass is 297 g/mol. The van der Waals surface area contributed by atoms with Gasteiger partial charge in [-0.2, -0.15) is 0 Å². The SMILES string of the molecule is CCCCCCCCCC1COC(CCCCCCC)N1. The third kappa shape index (κ3) is 10.3. The van der Waals surface area contributed by atoms with E-state index < -0.39 is 0 Å². The van der Waals surface area contributed by atoms with E-state index in [1.807, 2.05) is 0 Å². The highest BCUT2D eigenvalue weighted by Gasteiger charge is 2.22. The van der Waals surface area contributed by atoms with E-state index in [2.05, 4.69) is 19.2 Å². The van der Waals surface area contributed by atoms with Crippen molar-refractivity contribution in [1.82, 2.24) is 5.32 Å². The summed E-state index contributed by atoms with van der Waals surface area (Å²) in [7, 11) is 0. The molecule has 0 aliphatic carbocycles. The summed E-state index contributed by atoms with van der Waals surface area (Å²) < 4.78 is 5.87. The van der Waals surface area contributed by atoms with Crippen LogP contribution in [0.15, 0.2) is 0 Å². The van der Waals surface area contributed by atoms with Gasteiger partial charge in [0.25, 0.3) is 0 Å². The van der Waals surface area contributed by atoms with Gasteiger partial charge in [-0.25, -0.2) is 0 Å². The van der Waals surface area contributed by atoms with E-state index in [-0.39, 0.29) is 0 Å². The molecule has 1 aliphatic rings. The second-order valence-corrected chi connectivity index (χ2v) is 6.80. The lowest BCUT2D eigenvalue weighted by Gasteiger charge is -2.12. The Morgan fingerprint density at radius 2 is 1.24 bits per heavy atom. The fourth-order valence-corrected chi connectivity index (χ4v) is 3.21. The van der Waals surface area contributed by atoms with Gasteiger partial charge in [0.05, 0.1) is 6.61 Å². The minimum Gasteiger partial charge on any atom is -0.362 e. The summed E-state index contributed by atoms with van der Waals surface area (Å²) in [6.45, 7) is 5.50. The summed E-state index contributed by atoms with van der Waals surface area (Å²) in [5.74, 6) is 0. The smallest absolute Gasteiger partial charge is 0.108 e. The van der Waals surface area contributed by atoms with Gasteiger partial charge in [0.2, 0.25) is 0 Å². The first-order valence-electron chi connectivity index (χ1n) is 9.74. The lowest BCUT2D eigenvalue weighted by Crippen LogP contribution is -2.30. The van der Waals surface area contributed by atoms with Crippen molar-refractivity contribution in [1.29, 1.82) is 0 Å². The van der Waals surface area contributed by atoms with Crippen molar-refractivity contribution in [2.24, 2.45) is 0 Å².